The molecule has 0 saturated heterocycles. The molecule has 23 heavy (non-hydrogen) atoms. The third-order valence-electron chi connectivity index (χ3n) is 2.99. The van der Waals surface area contributed by atoms with Crippen molar-refractivity contribution in [2.75, 3.05) is 5.43 Å². The number of anilines is 1. The number of ether oxygens (including phenoxy) is 1. The second-order valence-electron chi connectivity index (χ2n) is 4.81. The third kappa shape index (κ3) is 4.23. The fourth-order valence-corrected chi connectivity index (χ4v) is 2.10. The van der Waals surface area contributed by atoms with E-state index >= 15 is 0 Å². The van der Waals surface area contributed by atoms with Crippen molar-refractivity contribution in [1.29, 1.82) is 10.5 Å². The van der Waals surface area contributed by atoms with Gasteiger partial charge in [-0.2, -0.15) is 15.6 Å². The molecule has 0 fully saturated rings. The standard InChI is InChI=1S/C17H13ClN4O/c1-11-3-5-16(12(2)7-11)23-17-6-4-13(8-15(17)18)21-22-14(9-19)10-20/h3-8,21H,1-2H3. The van der Waals surface area contributed by atoms with E-state index in [-0.39, 0.29) is 5.71 Å². The number of hydrazone groups is 1. The molecule has 0 atom stereocenters. The van der Waals surface area contributed by atoms with Gasteiger partial charge in [0.1, 0.15) is 23.6 Å². The molecule has 2 aromatic rings. The van der Waals surface area contributed by atoms with Crippen LogP contribution >= 0.6 is 11.6 Å². The first kappa shape index (κ1) is 16.4. The molecule has 0 aliphatic carbocycles. The van der Waals surface area contributed by atoms with Crippen molar-refractivity contribution in [2.24, 2.45) is 5.10 Å². The summed E-state index contributed by atoms with van der Waals surface area (Å²) < 4.78 is 5.82. The zero-order valence-corrected chi connectivity index (χ0v) is 13.3. The van der Waals surface area contributed by atoms with Crippen LogP contribution in [0.4, 0.5) is 5.69 Å². The van der Waals surface area contributed by atoms with Gasteiger partial charge in [-0.05, 0) is 43.7 Å². The Morgan fingerprint density at radius 1 is 1.09 bits per heavy atom. The molecule has 2 aromatic carbocycles. The summed E-state index contributed by atoms with van der Waals surface area (Å²) in [5.74, 6) is 1.24. The minimum atomic E-state index is -0.267. The summed E-state index contributed by atoms with van der Waals surface area (Å²) in [4.78, 5) is 0. The first-order valence-electron chi connectivity index (χ1n) is 6.72. The van der Waals surface area contributed by atoms with E-state index < -0.39 is 0 Å². The van der Waals surface area contributed by atoms with E-state index in [1.54, 1.807) is 30.3 Å². The smallest absolute Gasteiger partial charge is 0.237 e. The summed E-state index contributed by atoms with van der Waals surface area (Å²) in [5.41, 5.74) is 5.05. The van der Waals surface area contributed by atoms with E-state index in [1.807, 2.05) is 32.0 Å². The predicted octanol–water partition coefficient (Wildman–Crippen LogP) is 4.56. The molecule has 0 bridgehead atoms. The van der Waals surface area contributed by atoms with E-state index in [2.05, 4.69) is 10.5 Å². The lowest BCUT2D eigenvalue weighted by Crippen LogP contribution is -1.96. The van der Waals surface area contributed by atoms with Gasteiger partial charge in [0.15, 0.2) is 0 Å². The Hall–Kier alpha value is -3.02. The van der Waals surface area contributed by atoms with Crippen molar-refractivity contribution in [3.8, 4) is 23.6 Å². The van der Waals surface area contributed by atoms with E-state index in [0.29, 0.717) is 16.5 Å². The lowest BCUT2D eigenvalue weighted by molar-refractivity contribution is 0.479. The molecule has 0 aromatic heterocycles. The summed E-state index contributed by atoms with van der Waals surface area (Å²) in [7, 11) is 0. The normalized spacial score (nSPS) is 9.43. The van der Waals surface area contributed by atoms with Gasteiger partial charge in [0, 0.05) is 0 Å². The van der Waals surface area contributed by atoms with Crippen molar-refractivity contribution in [2.45, 2.75) is 13.8 Å². The van der Waals surface area contributed by atoms with E-state index in [0.717, 1.165) is 16.9 Å². The molecule has 1 N–H and O–H groups in total. The monoisotopic (exact) mass is 324 g/mol. The van der Waals surface area contributed by atoms with Crippen LogP contribution in [0.5, 0.6) is 11.5 Å². The molecule has 2 rings (SSSR count). The van der Waals surface area contributed by atoms with Gasteiger partial charge in [0.05, 0.1) is 10.7 Å². The Bertz CT molecular complexity index is 831. The van der Waals surface area contributed by atoms with Crippen LogP contribution < -0.4 is 10.2 Å². The molecule has 0 unspecified atom stereocenters. The minimum Gasteiger partial charge on any atom is -0.456 e. The number of benzene rings is 2. The van der Waals surface area contributed by atoms with Crippen LogP contribution in [0.3, 0.4) is 0 Å². The first-order valence-corrected chi connectivity index (χ1v) is 7.10. The van der Waals surface area contributed by atoms with Crippen LogP contribution in [-0.2, 0) is 0 Å². The summed E-state index contributed by atoms with van der Waals surface area (Å²) in [6.45, 7) is 3.98. The molecule has 0 saturated carbocycles. The fourth-order valence-electron chi connectivity index (χ4n) is 1.88. The first-order chi connectivity index (χ1) is 11.0. The van der Waals surface area contributed by atoms with Crippen molar-refractivity contribution >= 4 is 23.0 Å². The highest BCUT2D eigenvalue weighted by Gasteiger charge is 2.07. The Labute approximate surface area is 139 Å². The fraction of sp³-hybridized carbons (Fsp3) is 0.118. The van der Waals surface area contributed by atoms with Crippen LogP contribution in [0.15, 0.2) is 41.5 Å². The van der Waals surface area contributed by atoms with Gasteiger partial charge < -0.3 is 4.74 Å². The molecule has 0 heterocycles. The highest BCUT2D eigenvalue weighted by atomic mass is 35.5. The second kappa shape index (κ2) is 7.31. The van der Waals surface area contributed by atoms with Gasteiger partial charge in [-0.15, -0.1) is 0 Å². The summed E-state index contributed by atoms with van der Waals surface area (Å²) in [6.07, 6.45) is 0. The summed E-state index contributed by atoms with van der Waals surface area (Å²) in [5, 5.41) is 21.3. The van der Waals surface area contributed by atoms with E-state index in [9.17, 15) is 0 Å². The van der Waals surface area contributed by atoms with Gasteiger partial charge >= 0.3 is 0 Å². The van der Waals surface area contributed by atoms with E-state index in [1.165, 1.54) is 0 Å². The maximum absolute atomic E-state index is 8.62. The zero-order valence-electron chi connectivity index (χ0n) is 12.6. The van der Waals surface area contributed by atoms with Crippen LogP contribution in [0.2, 0.25) is 5.02 Å². The number of nitriles is 2. The Balaban J connectivity index is 2.18. The molecule has 0 radical (unpaired) electrons. The number of nitrogens with one attached hydrogen (secondary N) is 1. The Kier molecular flexibility index (Phi) is 5.19. The number of hydrogen-bond donors (Lipinski definition) is 1. The van der Waals surface area contributed by atoms with Crippen LogP contribution in [-0.4, -0.2) is 5.71 Å². The SMILES string of the molecule is Cc1ccc(Oc2ccc(NN=C(C#N)C#N)cc2Cl)c(C)c1. The van der Waals surface area contributed by atoms with Gasteiger partial charge in [-0.25, -0.2) is 0 Å². The molecular formula is C17H13ClN4O. The highest BCUT2D eigenvalue weighted by Crippen LogP contribution is 2.33. The molecular weight excluding hydrogens is 312 g/mol. The predicted molar refractivity (Wildman–Crippen MR) is 89.7 cm³/mol. The van der Waals surface area contributed by atoms with Gasteiger partial charge in [0.25, 0.3) is 0 Å². The lowest BCUT2D eigenvalue weighted by Gasteiger charge is -2.11. The number of nitrogens with zero attached hydrogens (tertiary/aromatic N) is 3. The number of rotatable bonds is 4. The summed E-state index contributed by atoms with van der Waals surface area (Å²) >= 11 is 6.20. The van der Waals surface area contributed by atoms with Gasteiger partial charge in [-0.1, -0.05) is 29.3 Å². The average Bonchev–Trinajstić information content (AvgIpc) is 2.53. The lowest BCUT2D eigenvalue weighted by atomic mass is 10.1. The van der Waals surface area contributed by atoms with Crippen LogP contribution in [0.1, 0.15) is 11.1 Å². The van der Waals surface area contributed by atoms with Crippen LogP contribution in [0, 0.1) is 36.5 Å². The maximum Gasteiger partial charge on any atom is 0.237 e. The van der Waals surface area contributed by atoms with Crippen molar-refractivity contribution in [3.05, 3.63) is 52.5 Å². The quantitative estimate of drug-likeness (QED) is 0.660. The largest absolute Gasteiger partial charge is 0.456 e. The second-order valence-corrected chi connectivity index (χ2v) is 5.22. The molecule has 0 spiro atoms. The zero-order chi connectivity index (χ0) is 16.8. The molecule has 0 aliphatic rings. The van der Waals surface area contributed by atoms with Gasteiger partial charge in [-0.3, -0.25) is 5.43 Å². The molecule has 5 nitrogen and oxygen atoms in total. The van der Waals surface area contributed by atoms with Gasteiger partial charge in [0.2, 0.25) is 5.71 Å². The number of hydrogen-bond acceptors (Lipinski definition) is 5. The maximum atomic E-state index is 8.62. The average molecular weight is 325 g/mol. The van der Waals surface area contributed by atoms with Crippen molar-refractivity contribution in [3.63, 3.8) is 0 Å². The third-order valence-corrected chi connectivity index (χ3v) is 3.29. The molecule has 0 aliphatic heterocycles. The highest BCUT2D eigenvalue weighted by molar-refractivity contribution is 6.32. The van der Waals surface area contributed by atoms with Crippen molar-refractivity contribution < 1.29 is 4.74 Å². The Morgan fingerprint density at radius 3 is 2.39 bits per heavy atom. The van der Waals surface area contributed by atoms with Crippen molar-refractivity contribution in [1.82, 2.24) is 0 Å². The number of aryl methyl sites for hydroxylation is 2. The topological polar surface area (TPSA) is 81.2 Å². The summed E-state index contributed by atoms with van der Waals surface area (Å²) in [6, 6.07) is 14.2. The Morgan fingerprint density at radius 2 is 1.78 bits per heavy atom. The molecule has 0 amide bonds. The minimum absolute atomic E-state index is 0.267. The van der Waals surface area contributed by atoms with Crippen LogP contribution in [0.25, 0.3) is 0 Å². The molecule has 114 valence electrons. The number of halogens is 1. The molecule has 6 heteroatoms. The van der Waals surface area contributed by atoms with E-state index in [4.69, 9.17) is 26.9 Å².